The second-order valence-electron chi connectivity index (χ2n) is 7.47. The van der Waals surface area contributed by atoms with E-state index in [0.29, 0.717) is 29.5 Å². The molecule has 1 heterocycles. The summed E-state index contributed by atoms with van der Waals surface area (Å²) in [5.74, 6) is 2.57. The van der Waals surface area contributed by atoms with E-state index in [1.54, 1.807) is 28.4 Å². The molecule has 170 valence electrons. The number of fused-ring (bicyclic) bond motifs is 1. The van der Waals surface area contributed by atoms with Gasteiger partial charge in [-0.1, -0.05) is 6.07 Å². The summed E-state index contributed by atoms with van der Waals surface area (Å²) in [6.07, 6.45) is 0.727. The molecule has 0 radical (unpaired) electrons. The van der Waals surface area contributed by atoms with Gasteiger partial charge in [0.25, 0.3) is 0 Å². The molecule has 2 aromatic carbocycles. The molecule has 0 spiro atoms. The molecule has 8 heteroatoms. The van der Waals surface area contributed by atoms with Crippen LogP contribution < -0.4 is 24.3 Å². The molecule has 3 rings (SSSR count). The van der Waals surface area contributed by atoms with Crippen molar-refractivity contribution < 1.29 is 29.2 Å². The van der Waals surface area contributed by atoms with Crippen LogP contribution in [0.5, 0.6) is 23.0 Å². The largest absolute Gasteiger partial charge is 0.493 e. The fraction of sp³-hybridized carbons (Fsp3) is 0.435. The van der Waals surface area contributed by atoms with Gasteiger partial charge in [0.2, 0.25) is 0 Å². The number of ether oxygens (including phenoxy) is 4. The minimum Gasteiger partial charge on any atom is -0.493 e. The zero-order chi connectivity index (χ0) is 21.8. The Bertz CT molecular complexity index is 915. The lowest BCUT2D eigenvalue weighted by molar-refractivity contribution is 0.177. The maximum atomic E-state index is 13.1. The first kappa shape index (κ1) is 24.1. The van der Waals surface area contributed by atoms with Crippen LogP contribution in [0.2, 0.25) is 0 Å². The third-order valence-corrected chi connectivity index (χ3v) is 5.27. The van der Waals surface area contributed by atoms with E-state index in [2.05, 4.69) is 5.32 Å². The molecule has 31 heavy (non-hydrogen) atoms. The Balaban J connectivity index is 0.00000341. The van der Waals surface area contributed by atoms with E-state index in [1.807, 2.05) is 49.1 Å². The number of methoxy groups -OCH3 is 4. The highest BCUT2D eigenvalue weighted by atomic mass is 16.5. The van der Waals surface area contributed by atoms with Gasteiger partial charge in [-0.3, -0.25) is 0 Å². The Labute approximate surface area is 183 Å². The van der Waals surface area contributed by atoms with Gasteiger partial charge >= 0.3 is 6.03 Å². The summed E-state index contributed by atoms with van der Waals surface area (Å²) >= 11 is 0. The predicted molar refractivity (Wildman–Crippen MR) is 119 cm³/mol. The van der Waals surface area contributed by atoms with Crippen LogP contribution in [0.3, 0.4) is 0 Å². The number of nitrogens with one attached hydrogen (secondary N) is 1. The van der Waals surface area contributed by atoms with Crippen LogP contribution in [0.25, 0.3) is 0 Å². The normalized spacial score (nSPS) is 14.9. The quantitative estimate of drug-likeness (QED) is 0.756. The van der Waals surface area contributed by atoms with Gasteiger partial charge in [0.05, 0.1) is 34.5 Å². The molecule has 1 aliphatic rings. The molecule has 0 saturated heterocycles. The number of rotatable bonds is 6. The molecule has 0 fully saturated rings. The minimum absolute atomic E-state index is 0. The molecular formula is C23H32N2O6. The summed E-state index contributed by atoms with van der Waals surface area (Å²) in [5, 5.41) is 3.02. The zero-order valence-corrected chi connectivity index (χ0v) is 18.9. The number of hydrogen-bond acceptors (Lipinski definition) is 5. The zero-order valence-electron chi connectivity index (χ0n) is 18.9. The molecule has 1 atom stereocenters. The molecule has 0 bridgehead atoms. The van der Waals surface area contributed by atoms with Crippen molar-refractivity contribution in [3.05, 3.63) is 47.0 Å². The Hall–Kier alpha value is -3.13. The smallest absolute Gasteiger partial charge is 0.318 e. The summed E-state index contributed by atoms with van der Waals surface area (Å²) in [7, 11) is 6.45. The number of carbonyl (C=O) groups excluding carboxylic acids is 1. The summed E-state index contributed by atoms with van der Waals surface area (Å²) < 4.78 is 21.9. The fourth-order valence-corrected chi connectivity index (χ4v) is 3.88. The van der Waals surface area contributed by atoms with Crippen molar-refractivity contribution in [2.75, 3.05) is 35.0 Å². The van der Waals surface area contributed by atoms with Gasteiger partial charge < -0.3 is 34.6 Å². The first-order chi connectivity index (χ1) is 14.4. The van der Waals surface area contributed by atoms with Crippen LogP contribution in [0, 0.1) is 0 Å². The number of amides is 2. The Morgan fingerprint density at radius 1 is 0.935 bits per heavy atom. The highest BCUT2D eigenvalue weighted by Gasteiger charge is 2.34. The van der Waals surface area contributed by atoms with Crippen LogP contribution in [0.1, 0.15) is 36.6 Å². The standard InChI is InChI=1S/C23H30N2O5.H2O/c1-14(2)24-23(26)25-10-9-15-11-20(29-5)21(30-6)13-17(15)22(25)16-7-8-18(27-3)19(12-16)28-4;/h7-8,11-14,22H,9-10H2,1-6H3,(H,24,26);1H2. The Morgan fingerprint density at radius 3 is 2.10 bits per heavy atom. The summed E-state index contributed by atoms with van der Waals surface area (Å²) in [4.78, 5) is 14.9. The van der Waals surface area contributed by atoms with Crippen LogP contribution in [0.15, 0.2) is 30.3 Å². The topological polar surface area (TPSA) is 101 Å². The molecular weight excluding hydrogens is 400 g/mol. The molecule has 0 saturated carbocycles. The summed E-state index contributed by atoms with van der Waals surface area (Å²) in [6, 6.07) is 9.34. The van der Waals surface area contributed by atoms with Crippen molar-refractivity contribution in [2.24, 2.45) is 0 Å². The number of nitrogens with zero attached hydrogens (tertiary/aromatic N) is 1. The molecule has 1 unspecified atom stereocenters. The van der Waals surface area contributed by atoms with Gasteiger partial charge in [-0.05, 0) is 61.2 Å². The van der Waals surface area contributed by atoms with Gasteiger partial charge in [0.1, 0.15) is 0 Å². The van der Waals surface area contributed by atoms with E-state index < -0.39 is 0 Å². The molecule has 2 amide bonds. The monoisotopic (exact) mass is 432 g/mol. The molecule has 0 aromatic heterocycles. The van der Waals surface area contributed by atoms with Gasteiger partial charge in [-0.2, -0.15) is 0 Å². The number of benzene rings is 2. The lowest BCUT2D eigenvalue weighted by atomic mass is 9.87. The number of hydrogen-bond donors (Lipinski definition) is 1. The third kappa shape index (κ3) is 4.80. The minimum atomic E-state index is -0.299. The first-order valence-electron chi connectivity index (χ1n) is 9.97. The molecule has 8 nitrogen and oxygen atoms in total. The van der Waals surface area contributed by atoms with Crippen LogP contribution in [0.4, 0.5) is 4.79 Å². The van der Waals surface area contributed by atoms with Crippen molar-refractivity contribution in [3.8, 4) is 23.0 Å². The highest BCUT2D eigenvalue weighted by Crippen LogP contribution is 2.42. The van der Waals surface area contributed by atoms with Crippen molar-refractivity contribution in [1.82, 2.24) is 10.2 Å². The second-order valence-corrected chi connectivity index (χ2v) is 7.47. The van der Waals surface area contributed by atoms with Crippen LogP contribution in [-0.4, -0.2) is 57.4 Å². The maximum absolute atomic E-state index is 13.1. The fourth-order valence-electron chi connectivity index (χ4n) is 3.88. The van der Waals surface area contributed by atoms with E-state index in [-0.39, 0.29) is 23.6 Å². The van der Waals surface area contributed by atoms with Crippen molar-refractivity contribution in [2.45, 2.75) is 32.4 Å². The molecule has 1 aliphatic heterocycles. The van der Waals surface area contributed by atoms with Gasteiger partial charge in [-0.15, -0.1) is 0 Å². The maximum Gasteiger partial charge on any atom is 0.318 e. The molecule has 3 N–H and O–H groups in total. The van der Waals surface area contributed by atoms with Crippen molar-refractivity contribution >= 4 is 6.03 Å². The average molecular weight is 433 g/mol. The van der Waals surface area contributed by atoms with E-state index >= 15 is 0 Å². The average Bonchev–Trinajstić information content (AvgIpc) is 2.76. The van der Waals surface area contributed by atoms with Gasteiger partial charge in [-0.25, -0.2) is 4.79 Å². The van der Waals surface area contributed by atoms with E-state index in [1.165, 1.54) is 0 Å². The second kappa shape index (κ2) is 10.3. The summed E-state index contributed by atoms with van der Waals surface area (Å²) in [6.45, 7) is 4.49. The first-order valence-corrected chi connectivity index (χ1v) is 9.97. The third-order valence-electron chi connectivity index (χ3n) is 5.27. The van der Waals surface area contributed by atoms with Gasteiger partial charge in [0, 0.05) is 12.6 Å². The number of carbonyl (C=O) groups is 1. The lowest BCUT2D eigenvalue weighted by Gasteiger charge is -2.38. The van der Waals surface area contributed by atoms with Crippen molar-refractivity contribution in [1.29, 1.82) is 0 Å². The van der Waals surface area contributed by atoms with E-state index in [9.17, 15) is 4.79 Å². The van der Waals surface area contributed by atoms with Crippen LogP contribution in [-0.2, 0) is 6.42 Å². The molecule has 2 aromatic rings. The highest BCUT2D eigenvalue weighted by molar-refractivity contribution is 5.76. The lowest BCUT2D eigenvalue weighted by Crippen LogP contribution is -2.47. The summed E-state index contributed by atoms with van der Waals surface area (Å²) in [5.41, 5.74) is 3.06. The predicted octanol–water partition coefficient (Wildman–Crippen LogP) is 2.96. The number of urea groups is 1. The van der Waals surface area contributed by atoms with E-state index in [0.717, 1.165) is 23.1 Å². The molecule has 0 aliphatic carbocycles. The Kier molecular flexibility index (Phi) is 7.99. The van der Waals surface area contributed by atoms with Crippen LogP contribution >= 0.6 is 0 Å². The van der Waals surface area contributed by atoms with Crippen molar-refractivity contribution in [3.63, 3.8) is 0 Å². The Morgan fingerprint density at radius 2 is 1.52 bits per heavy atom. The van der Waals surface area contributed by atoms with Gasteiger partial charge in [0.15, 0.2) is 23.0 Å². The van der Waals surface area contributed by atoms with E-state index in [4.69, 9.17) is 18.9 Å². The SMILES string of the molecule is COc1ccc(C2c3cc(OC)c(OC)cc3CCN2C(=O)NC(C)C)cc1OC.O.